The predicted octanol–water partition coefficient (Wildman–Crippen LogP) is 4.76. The van der Waals surface area contributed by atoms with Gasteiger partial charge in [-0.05, 0) is 43.0 Å². The summed E-state index contributed by atoms with van der Waals surface area (Å²) in [6.07, 6.45) is -0.686. The Balaban J connectivity index is 1.36. The minimum Gasteiger partial charge on any atom is -0.480 e. The normalized spacial score (nSPS) is 12.5. The van der Waals surface area contributed by atoms with E-state index < -0.39 is 17.6 Å². The van der Waals surface area contributed by atoms with E-state index in [1.54, 1.807) is 12.3 Å². The van der Waals surface area contributed by atoms with Crippen LogP contribution in [0.1, 0.15) is 43.5 Å². The zero-order valence-corrected chi connectivity index (χ0v) is 20.6. The maximum Gasteiger partial charge on any atom is 0.413 e. The van der Waals surface area contributed by atoms with E-state index in [2.05, 4.69) is 34.6 Å². The van der Waals surface area contributed by atoms with Gasteiger partial charge in [-0.15, -0.1) is 11.3 Å². The Morgan fingerprint density at radius 1 is 1.09 bits per heavy atom. The maximum atomic E-state index is 12.7. The van der Waals surface area contributed by atoms with Gasteiger partial charge in [-0.1, -0.05) is 48.5 Å². The Kier molecular flexibility index (Phi) is 6.88. The molecule has 2 amide bonds. The summed E-state index contributed by atoms with van der Waals surface area (Å²) in [5.74, 6) is -1.48. The van der Waals surface area contributed by atoms with Crippen LogP contribution >= 0.6 is 11.3 Å². The van der Waals surface area contributed by atoms with Gasteiger partial charge >= 0.3 is 12.1 Å². The fourth-order valence-electron chi connectivity index (χ4n) is 4.42. The summed E-state index contributed by atoms with van der Waals surface area (Å²) < 4.78 is 5.54. The van der Waals surface area contributed by atoms with Gasteiger partial charge in [-0.25, -0.2) is 14.6 Å². The fraction of sp³-hybridized carbons (Fsp3) is 0.308. The standard InChI is InChI=1S/C26H27N3O5S/c1-4-29(26(2,3)23(31)32)22(30)13-16-15-35-24(27-16)28-25(33)34-14-21-19-11-7-5-9-17(19)18-10-6-8-12-20(18)21/h5-12,15,21H,4,13-14H2,1-3H3,(H,31,32)(H,27,28,33). The molecule has 3 aromatic rings. The van der Waals surface area contributed by atoms with Gasteiger partial charge in [0.15, 0.2) is 5.13 Å². The van der Waals surface area contributed by atoms with Crippen LogP contribution in [0.5, 0.6) is 0 Å². The molecule has 0 saturated carbocycles. The molecule has 1 aliphatic rings. The number of carboxylic acid groups (broad SMARTS) is 1. The van der Waals surface area contributed by atoms with Crippen molar-refractivity contribution >= 4 is 34.4 Å². The molecule has 1 aromatic heterocycles. The first kappa shape index (κ1) is 24.4. The lowest BCUT2D eigenvalue weighted by atomic mass is 9.98. The van der Waals surface area contributed by atoms with Crippen molar-refractivity contribution in [2.24, 2.45) is 0 Å². The number of hydrogen-bond donors (Lipinski definition) is 2. The van der Waals surface area contributed by atoms with Crippen molar-refractivity contribution in [2.45, 2.75) is 38.6 Å². The summed E-state index contributed by atoms with van der Waals surface area (Å²) in [5.41, 5.74) is 3.68. The Morgan fingerprint density at radius 2 is 1.69 bits per heavy atom. The number of anilines is 1. The van der Waals surface area contributed by atoms with E-state index in [9.17, 15) is 19.5 Å². The summed E-state index contributed by atoms with van der Waals surface area (Å²) in [6, 6.07) is 16.2. The molecule has 0 atom stereocenters. The molecule has 0 bridgehead atoms. The number of amides is 2. The molecule has 182 valence electrons. The molecule has 1 heterocycles. The summed E-state index contributed by atoms with van der Waals surface area (Å²) in [6.45, 7) is 5.15. The predicted molar refractivity (Wildman–Crippen MR) is 134 cm³/mol. The zero-order chi connectivity index (χ0) is 25.2. The molecule has 1 aliphatic carbocycles. The third kappa shape index (κ3) is 4.90. The lowest BCUT2D eigenvalue weighted by Gasteiger charge is -2.34. The zero-order valence-electron chi connectivity index (χ0n) is 19.8. The number of benzene rings is 2. The lowest BCUT2D eigenvalue weighted by Crippen LogP contribution is -2.53. The highest BCUT2D eigenvalue weighted by atomic mass is 32.1. The molecule has 4 rings (SSSR count). The van der Waals surface area contributed by atoms with Crippen LogP contribution in [-0.4, -0.2) is 51.7 Å². The van der Waals surface area contributed by atoms with Crippen molar-refractivity contribution < 1.29 is 24.2 Å². The quantitative estimate of drug-likeness (QED) is 0.468. The van der Waals surface area contributed by atoms with Crippen molar-refractivity contribution in [1.29, 1.82) is 0 Å². The molecule has 0 radical (unpaired) electrons. The molecular weight excluding hydrogens is 466 g/mol. The van der Waals surface area contributed by atoms with Gasteiger partial charge in [-0.2, -0.15) is 0 Å². The number of likely N-dealkylation sites (N-methyl/N-ethyl adjacent to an activating group) is 1. The molecule has 0 unspecified atom stereocenters. The van der Waals surface area contributed by atoms with Gasteiger partial charge in [0.25, 0.3) is 0 Å². The number of nitrogens with one attached hydrogen (secondary N) is 1. The summed E-state index contributed by atoms with van der Waals surface area (Å²) in [5, 5.41) is 14.0. The van der Waals surface area contributed by atoms with Gasteiger partial charge in [0.05, 0.1) is 12.1 Å². The van der Waals surface area contributed by atoms with E-state index in [1.807, 2.05) is 24.3 Å². The largest absolute Gasteiger partial charge is 0.480 e. The number of aromatic nitrogens is 1. The van der Waals surface area contributed by atoms with Gasteiger partial charge in [0.1, 0.15) is 12.1 Å². The summed E-state index contributed by atoms with van der Waals surface area (Å²) >= 11 is 1.18. The average Bonchev–Trinajstić information content (AvgIpc) is 3.39. The fourth-order valence-corrected chi connectivity index (χ4v) is 5.11. The number of carbonyl (C=O) groups is 3. The van der Waals surface area contributed by atoms with Crippen molar-refractivity contribution in [2.75, 3.05) is 18.5 Å². The van der Waals surface area contributed by atoms with E-state index in [0.29, 0.717) is 10.8 Å². The molecule has 9 heteroatoms. The third-order valence-corrected chi connectivity index (χ3v) is 7.06. The number of rotatable bonds is 8. The molecule has 35 heavy (non-hydrogen) atoms. The van der Waals surface area contributed by atoms with Crippen LogP contribution in [0.2, 0.25) is 0 Å². The van der Waals surface area contributed by atoms with Crippen molar-refractivity contribution in [3.63, 3.8) is 0 Å². The second-order valence-electron chi connectivity index (χ2n) is 8.77. The highest BCUT2D eigenvalue weighted by Crippen LogP contribution is 2.44. The van der Waals surface area contributed by atoms with E-state index >= 15 is 0 Å². The van der Waals surface area contributed by atoms with Gasteiger partial charge in [0.2, 0.25) is 5.91 Å². The first-order chi connectivity index (χ1) is 16.7. The van der Waals surface area contributed by atoms with Crippen LogP contribution in [0, 0.1) is 0 Å². The topological polar surface area (TPSA) is 109 Å². The number of carboxylic acids is 1. The Morgan fingerprint density at radius 3 is 2.26 bits per heavy atom. The molecule has 0 aliphatic heterocycles. The number of fused-ring (bicyclic) bond motifs is 3. The minimum absolute atomic E-state index is 0.0461. The van der Waals surface area contributed by atoms with Gasteiger partial charge < -0.3 is 14.7 Å². The smallest absolute Gasteiger partial charge is 0.413 e. The monoisotopic (exact) mass is 493 g/mol. The Bertz CT molecular complexity index is 1220. The molecule has 0 fully saturated rings. The first-order valence-corrected chi connectivity index (χ1v) is 12.2. The van der Waals surface area contributed by atoms with E-state index in [1.165, 1.54) is 30.1 Å². The van der Waals surface area contributed by atoms with Crippen LogP contribution in [0.15, 0.2) is 53.9 Å². The highest BCUT2D eigenvalue weighted by molar-refractivity contribution is 7.13. The van der Waals surface area contributed by atoms with Crippen LogP contribution in [0.25, 0.3) is 11.1 Å². The Labute approximate surface area is 207 Å². The van der Waals surface area contributed by atoms with Crippen LogP contribution in [-0.2, 0) is 20.7 Å². The first-order valence-electron chi connectivity index (χ1n) is 11.3. The molecule has 0 spiro atoms. The number of hydrogen-bond acceptors (Lipinski definition) is 6. The van der Waals surface area contributed by atoms with Crippen LogP contribution in [0.3, 0.4) is 0 Å². The van der Waals surface area contributed by atoms with Gasteiger partial charge in [-0.3, -0.25) is 10.1 Å². The second-order valence-corrected chi connectivity index (χ2v) is 9.63. The molecular formula is C26H27N3O5S. The van der Waals surface area contributed by atoms with Crippen molar-refractivity contribution in [3.8, 4) is 11.1 Å². The average molecular weight is 494 g/mol. The summed E-state index contributed by atoms with van der Waals surface area (Å²) in [7, 11) is 0. The van der Waals surface area contributed by atoms with Crippen LogP contribution < -0.4 is 5.32 Å². The number of aliphatic carboxylic acids is 1. The maximum absolute atomic E-state index is 12.7. The SMILES string of the molecule is CCN(C(=O)Cc1csc(NC(=O)OCC2c3ccccc3-c3ccccc32)n1)C(C)(C)C(=O)O. The molecule has 2 aromatic carbocycles. The van der Waals surface area contributed by atoms with Crippen LogP contribution in [0.4, 0.5) is 9.93 Å². The van der Waals surface area contributed by atoms with Crippen molar-refractivity contribution in [1.82, 2.24) is 9.88 Å². The van der Waals surface area contributed by atoms with E-state index in [4.69, 9.17) is 4.74 Å². The molecule has 2 N–H and O–H groups in total. The van der Waals surface area contributed by atoms with E-state index in [0.717, 1.165) is 22.3 Å². The van der Waals surface area contributed by atoms with Crippen molar-refractivity contribution in [3.05, 3.63) is 70.7 Å². The van der Waals surface area contributed by atoms with E-state index in [-0.39, 0.29) is 31.4 Å². The number of nitrogens with zero attached hydrogens (tertiary/aromatic N) is 2. The number of carbonyl (C=O) groups excluding carboxylic acids is 2. The second kappa shape index (κ2) is 9.87. The molecule has 0 saturated heterocycles. The molecule has 8 nitrogen and oxygen atoms in total. The third-order valence-electron chi connectivity index (χ3n) is 6.25. The highest BCUT2D eigenvalue weighted by Gasteiger charge is 2.37. The number of thiazole rings is 1. The summed E-state index contributed by atoms with van der Waals surface area (Å²) in [4.78, 5) is 42.3. The van der Waals surface area contributed by atoms with Gasteiger partial charge in [0, 0.05) is 17.8 Å². The Hall–Kier alpha value is -3.72. The number of ether oxygens (including phenoxy) is 1. The lowest BCUT2D eigenvalue weighted by molar-refractivity contribution is -0.156. The minimum atomic E-state index is -1.33.